The summed E-state index contributed by atoms with van der Waals surface area (Å²) in [4.78, 5) is 28.6. The van der Waals surface area contributed by atoms with E-state index in [1.165, 1.54) is 9.58 Å². The Labute approximate surface area is 218 Å². The van der Waals surface area contributed by atoms with Gasteiger partial charge in [-0.25, -0.2) is 4.68 Å². The molecule has 1 atom stereocenters. The normalized spacial score (nSPS) is 18.1. The Morgan fingerprint density at radius 3 is 2.58 bits per heavy atom. The highest BCUT2D eigenvalue weighted by molar-refractivity contribution is 6.45. The molecule has 0 saturated carbocycles. The predicted molar refractivity (Wildman–Crippen MR) is 132 cm³/mol. The first kappa shape index (κ1) is 24.5. The van der Waals surface area contributed by atoms with Crippen LogP contribution in [-0.2, 0) is 20.7 Å². The maximum Gasteiger partial charge on any atom is 0.327 e. The highest BCUT2D eigenvalue weighted by Gasteiger charge is 2.47. The molecule has 3 aromatic rings. The average molecular weight is 527 g/mol. The van der Waals surface area contributed by atoms with Gasteiger partial charge in [0.1, 0.15) is 5.57 Å². The molecule has 0 spiro atoms. The fourth-order valence-corrected chi connectivity index (χ4v) is 4.93. The number of carbonyl (C=O) groups excluding carboxylic acids is 2. The van der Waals surface area contributed by atoms with Gasteiger partial charge in [0.15, 0.2) is 12.4 Å². The summed E-state index contributed by atoms with van der Waals surface area (Å²) in [6.07, 6.45) is 5.93. The molecule has 0 N–H and O–H groups in total. The molecule has 36 heavy (non-hydrogen) atoms. The summed E-state index contributed by atoms with van der Waals surface area (Å²) in [6.45, 7) is 2.69. The molecule has 2 aromatic heterocycles. The molecule has 1 saturated heterocycles. The molecule has 2 aliphatic heterocycles. The fraction of sp³-hybridized carbons (Fsp3) is 0.308. The van der Waals surface area contributed by atoms with E-state index in [1.807, 2.05) is 13.0 Å². The maximum atomic E-state index is 13.8. The van der Waals surface area contributed by atoms with Crippen molar-refractivity contribution in [2.45, 2.75) is 38.7 Å². The topological polar surface area (TPSA) is 91.4 Å². The van der Waals surface area contributed by atoms with Gasteiger partial charge in [-0.2, -0.15) is 9.67 Å². The van der Waals surface area contributed by atoms with E-state index < -0.39 is 17.7 Å². The van der Waals surface area contributed by atoms with E-state index in [9.17, 15) is 14.7 Å². The number of ether oxygens (including phenoxy) is 1. The number of aryl methyl sites for hydroxylation is 1. The van der Waals surface area contributed by atoms with Crippen LogP contribution in [0, 0.1) is 0 Å². The quantitative estimate of drug-likeness (QED) is 0.347. The van der Waals surface area contributed by atoms with Crippen LogP contribution in [0.4, 0.5) is 0 Å². The summed E-state index contributed by atoms with van der Waals surface area (Å²) in [5.41, 5.74) is 1.16. The van der Waals surface area contributed by atoms with Gasteiger partial charge in [-0.05, 0) is 43.3 Å². The van der Waals surface area contributed by atoms with E-state index in [4.69, 9.17) is 27.9 Å². The molecular weight excluding hydrogens is 503 g/mol. The smallest absolute Gasteiger partial charge is 0.327 e. The SMILES string of the molecule is CCCc1nn(-c2ccc(Cl)c(Cl)c2)c([O-])c1C1=C([n+]2ccccc2)C(=O)N(CC2CCCO2)C1=O. The van der Waals surface area contributed by atoms with Crippen LogP contribution in [0.25, 0.3) is 17.0 Å². The summed E-state index contributed by atoms with van der Waals surface area (Å²) in [5, 5.41) is 19.0. The molecule has 2 aliphatic rings. The van der Waals surface area contributed by atoms with Crippen molar-refractivity contribution in [3.05, 3.63) is 70.1 Å². The number of nitrogens with zero attached hydrogens (tertiary/aromatic N) is 4. The first-order chi connectivity index (χ1) is 17.4. The van der Waals surface area contributed by atoms with Gasteiger partial charge in [0.05, 0.1) is 34.1 Å². The number of rotatable bonds is 7. The zero-order valence-corrected chi connectivity index (χ0v) is 21.1. The van der Waals surface area contributed by atoms with Crippen LogP contribution in [0.1, 0.15) is 37.4 Å². The van der Waals surface area contributed by atoms with Gasteiger partial charge in [-0.1, -0.05) is 42.6 Å². The Morgan fingerprint density at radius 1 is 1.14 bits per heavy atom. The first-order valence-electron chi connectivity index (χ1n) is 11.8. The Bertz CT molecular complexity index is 1360. The number of amides is 2. The van der Waals surface area contributed by atoms with Crippen LogP contribution in [0.3, 0.4) is 0 Å². The molecule has 1 aromatic carbocycles. The number of carbonyl (C=O) groups is 2. The third kappa shape index (κ3) is 4.30. The molecule has 2 amide bonds. The second-order valence-electron chi connectivity index (χ2n) is 8.75. The lowest BCUT2D eigenvalue weighted by Gasteiger charge is -2.18. The van der Waals surface area contributed by atoms with Crippen molar-refractivity contribution < 1.29 is 24.0 Å². The van der Waals surface area contributed by atoms with E-state index in [2.05, 4.69) is 5.10 Å². The van der Waals surface area contributed by atoms with Crippen LogP contribution in [0.5, 0.6) is 5.88 Å². The van der Waals surface area contributed by atoms with E-state index >= 15 is 0 Å². The van der Waals surface area contributed by atoms with Gasteiger partial charge in [0.2, 0.25) is 0 Å². The first-order valence-corrected chi connectivity index (χ1v) is 12.6. The number of halogens is 2. The minimum atomic E-state index is -0.523. The third-order valence-corrected chi connectivity index (χ3v) is 7.07. The van der Waals surface area contributed by atoms with Crippen LogP contribution >= 0.6 is 23.2 Å². The van der Waals surface area contributed by atoms with Crippen molar-refractivity contribution in [2.75, 3.05) is 13.2 Å². The number of pyridine rings is 1. The number of benzene rings is 1. The minimum Gasteiger partial charge on any atom is -0.858 e. The van der Waals surface area contributed by atoms with Crippen molar-refractivity contribution in [3.8, 4) is 11.6 Å². The molecule has 1 unspecified atom stereocenters. The van der Waals surface area contributed by atoms with Crippen LogP contribution in [-0.4, -0.2) is 45.8 Å². The summed E-state index contributed by atoms with van der Waals surface area (Å²) < 4.78 is 8.48. The van der Waals surface area contributed by atoms with Gasteiger partial charge < -0.3 is 9.84 Å². The Morgan fingerprint density at radius 2 is 1.92 bits per heavy atom. The van der Waals surface area contributed by atoms with Gasteiger partial charge in [0.25, 0.3) is 11.6 Å². The molecule has 10 heteroatoms. The molecule has 4 heterocycles. The van der Waals surface area contributed by atoms with Crippen molar-refractivity contribution in [3.63, 3.8) is 0 Å². The second-order valence-corrected chi connectivity index (χ2v) is 9.56. The number of imide groups is 1. The second kappa shape index (κ2) is 10.0. The standard InChI is InChI=1S/C26H24Cl2N4O4/c1-2-7-20-21(25(34)32(29-20)16-9-10-18(27)19(28)14-16)22-23(30-11-4-3-5-12-30)26(35)31(24(22)33)15-17-8-6-13-36-17/h3-5,9-12,14,17H,2,6-8,13,15H2,1H3. The molecule has 0 aliphatic carbocycles. The van der Waals surface area contributed by atoms with Crippen LogP contribution < -0.4 is 9.67 Å². The number of hydrogen-bond acceptors (Lipinski definition) is 5. The lowest BCUT2D eigenvalue weighted by molar-refractivity contribution is -0.576. The van der Waals surface area contributed by atoms with Crippen molar-refractivity contribution in [2.24, 2.45) is 0 Å². The van der Waals surface area contributed by atoms with E-state index in [0.717, 1.165) is 12.8 Å². The lowest BCUT2D eigenvalue weighted by atomic mass is 10.0. The predicted octanol–water partition coefficient (Wildman–Crippen LogP) is 3.41. The average Bonchev–Trinajstić information content (AvgIpc) is 3.56. The molecule has 8 nitrogen and oxygen atoms in total. The zero-order chi connectivity index (χ0) is 25.4. The summed E-state index contributed by atoms with van der Waals surface area (Å²) in [7, 11) is 0. The van der Waals surface area contributed by atoms with Crippen LogP contribution in [0.2, 0.25) is 10.0 Å². The summed E-state index contributed by atoms with van der Waals surface area (Å²) in [5.74, 6) is -1.49. The molecule has 0 radical (unpaired) electrons. The Balaban J connectivity index is 1.69. The van der Waals surface area contributed by atoms with E-state index in [1.54, 1.807) is 47.3 Å². The van der Waals surface area contributed by atoms with Crippen molar-refractivity contribution >= 4 is 46.3 Å². The zero-order valence-electron chi connectivity index (χ0n) is 19.6. The van der Waals surface area contributed by atoms with Gasteiger partial charge in [-0.15, -0.1) is 0 Å². The largest absolute Gasteiger partial charge is 0.858 e. The van der Waals surface area contributed by atoms with Crippen molar-refractivity contribution in [1.29, 1.82) is 0 Å². The third-order valence-electron chi connectivity index (χ3n) is 6.33. The van der Waals surface area contributed by atoms with Gasteiger partial charge in [0, 0.05) is 24.3 Å². The highest BCUT2D eigenvalue weighted by Crippen LogP contribution is 2.38. The summed E-state index contributed by atoms with van der Waals surface area (Å²) in [6, 6.07) is 10.1. The Hall–Kier alpha value is -3.20. The number of aromatic nitrogens is 3. The minimum absolute atomic E-state index is 0.0500. The van der Waals surface area contributed by atoms with Crippen molar-refractivity contribution in [1.82, 2.24) is 14.7 Å². The highest BCUT2D eigenvalue weighted by atomic mass is 35.5. The molecular formula is C26H24Cl2N4O4. The van der Waals surface area contributed by atoms with Gasteiger partial charge >= 0.3 is 5.91 Å². The fourth-order valence-electron chi connectivity index (χ4n) is 4.63. The van der Waals surface area contributed by atoms with E-state index in [-0.39, 0.29) is 34.5 Å². The number of hydrogen-bond donors (Lipinski definition) is 0. The lowest BCUT2D eigenvalue weighted by Crippen LogP contribution is -2.42. The van der Waals surface area contributed by atoms with Gasteiger partial charge in [-0.3, -0.25) is 14.5 Å². The van der Waals surface area contributed by atoms with E-state index in [0.29, 0.717) is 35.9 Å². The summed E-state index contributed by atoms with van der Waals surface area (Å²) >= 11 is 12.2. The Kier molecular flexibility index (Phi) is 6.83. The monoisotopic (exact) mass is 526 g/mol. The van der Waals surface area contributed by atoms with Crippen LogP contribution in [0.15, 0.2) is 48.8 Å². The molecule has 186 valence electrons. The molecule has 5 rings (SSSR count). The molecule has 0 bridgehead atoms. The maximum absolute atomic E-state index is 13.8. The molecule has 1 fully saturated rings.